The summed E-state index contributed by atoms with van der Waals surface area (Å²) in [5.74, 6) is -4.57. The van der Waals surface area contributed by atoms with Crippen molar-refractivity contribution in [1.82, 2.24) is 4.57 Å². The molecule has 0 amide bonds. The molecule has 2 heterocycles. The second-order valence-corrected chi connectivity index (χ2v) is 7.05. The van der Waals surface area contributed by atoms with E-state index in [-0.39, 0.29) is 21.8 Å². The molecule has 0 aliphatic heterocycles. The number of halogens is 3. The molecule has 0 saturated carbocycles. The largest absolute Gasteiger partial charge is 0.319 e. The van der Waals surface area contributed by atoms with E-state index in [0.717, 1.165) is 4.88 Å². The van der Waals surface area contributed by atoms with Gasteiger partial charge in [-0.3, -0.25) is 4.79 Å². The number of thiophene rings is 1. The highest BCUT2D eigenvalue weighted by molar-refractivity contribution is 7.13. The van der Waals surface area contributed by atoms with E-state index >= 15 is 0 Å². The second kappa shape index (κ2) is 5.51. The van der Waals surface area contributed by atoms with Gasteiger partial charge in [-0.1, -0.05) is 17.7 Å². The molecular formula is C18H9ClF2N2OS. The number of hydrogen-bond acceptors (Lipinski definition) is 3. The lowest BCUT2D eigenvalue weighted by molar-refractivity contribution is 0.0162. The summed E-state index contributed by atoms with van der Waals surface area (Å²) >= 11 is 7.33. The topological polar surface area (TPSA) is 45.8 Å². The minimum absolute atomic E-state index is 0.0564. The van der Waals surface area contributed by atoms with Crippen LogP contribution in [0.3, 0.4) is 0 Å². The number of fused-ring (bicyclic) bond motifs is 1. The molecule has 4 rings (SSSR count). The average molecular weight is 375 g/mol. The quantitative estimate of drug-likeness (QED) is 0.626. The molecule has 0 bridgehead atoms. The number of Topliss-reactive ketones (excluding diaryl/α,β-unsaturated/α-hetero) is 1. The molecule has 0 radical (unpaired) electrons. The number of nitrogens with zero attached hydrogens (tertiary/aromatic N) is 2. The molecule has 25 heavy (non-hydrogen) atoms. The Morgan fingerprint density at radius 1 is 1.32 bits per heavy atom. The van der Waals surface area contributed by atoms with Crippen molar-refractivity contribution in [2.45, 2.75) is 12.3 Å². The molecule has 0 N–H and O–H groups in total. The number of hydrogen-bond donors (Lipinski definition) is 0. The fourth-order valence-electron chi connectivity index (χ4n) is 3.05. The first kappa shape index (κ1) is 16.0. The van der Waals surface area contributed by atoms with Crippen molar-refractivity contribution in [3.05, 3.63) is 63.8 Å². The van der Waals surface area contributed by atoms with E-state index in [2.05, 4.69) is 0 Å². The van der Waals surface area contributed by atoms with Gasteiger partial charge in [-0.05, 0) is 29.6 Å². The molecule has 0 unspecified atom stereocenters. The van der Waals surface area contributed by atoms with Gasteiger partial charge in [0, 0.05) is 28.0 Å². The Hall–Kier alpha value is -2.49. The van der Waals surface area contributed by atoms with Crippen LogP contribution in [0.1, 0.15) is 21.6 Å². The third-order valence-electron chi connectivity index (χ3n) is 4.19. The number of benzene rings is 1. The molecule has 0 atom stereocenters. The number of nitriles is 1. The molecule has 3 nitrogen and oxygen atoms in total. The van der Waals surface area contributed by atoms with E-state index in [0.29, 0.717) is 11.3 Å². The van der Waals surface area contributed by atoms with Crippen molar-refractivity contribution in [3.8, 4) is 22.2 Å². The van der Waals surface area contributed by atoms with Gasteiger partial charge in [-0.2, -0.15) is 14.0 Å². The van der Waals surface area contributed by atoms with Gasteiger partial charge in [0.1, 0.15) is 6.07 Å². The van der Waals surface area contributed by atoms with Gasteiger partial charge in [0.15, 0.2) is 0 Å². The molecule has 0 fully saturated rings. The minimum Gasteiger partial charge on any atom is -0.319 e. The monoisotopic (exact) mass is 374 g/mol. The van der Waals surface area contributed by atoms with Crippen molar-refractivity contribution >= 4 is 28.7 Å². The molecule has 7 heteroatoms. The van der Waals surface area contributed by atoms with Crippen LogP contribution < -0.4 is 0 Å². The SMILES string of the molecule is N#Cc1cc(-n2cc(-c3cccs3)c3c2CC(F)(F)C3=O)ccc1Cl. The van der Waals surface area contributed by atoms with E-state index < -0.39 is 18.1 Å². The fraction of sp³-hybridized carbons (Fsp3) is 0.111. The number of carbonyl (C=O) groups is 1. The predicted octanol–water partition coefficient (Wildman–Crippen LogP) is 5.10. The summed E-state index contributed by atoms with van der Waals surface area (Å²) in [6, 6.07) is 10.3. The molecule has 1 aromatic carbocycles. The van der Waals surface area contributed by atoms with Crippen molar-refractivity contribution in [3.63, 3.8) is 0 Å². The van der Waals surface area contributed by atoms with Crippen LogP contribution in [0.15, 0.2) is 41.9 Å². The molecule has 3 aromatic rings. The van der Waals surface area contributed by atoms with E-state index in [4.69, 9.17) is 16.9 Å². The zero-order valence-electron chi connectivity index (χ0n) is 12.6. The van der Waals surface area contributed by atoms with Crippen LogP contribution in [0.5, 0.6) is 0 Å². The Balaban J connectivity index is 1.97. The normalized spacial score (nSPS) is 15.2. The first-order valence-electron chi connectivity index (χ1n) is 7.33. The lowest BCUT2D eigenvalue weighted by Gasteiger charge is -2.10. The van der Waals surface area contributed by atoms with Crippen LogP contribution in [0.4, 0.5) is 8.78 Å². The molecule has 124 valence electrons. The first-order chi connectivity index (χ1) is 11.9. The van der Waals surface area contributed by atoms with Gasteiger partial charge in [0.2, 0.25) is 5.78 Å². The fourth-order valence-corrected chi connectivity index (χ4v) is 3.95. The van der Waals surface area contributed by atoms with Gasteiger partial charge in [0.05, 0.1) is 22.6 Å². The maximum Gasteiger partial charge on any atom is 0.315 e. The van der Waals surface area contributed by atoms with E-state index in [1.54, 1.807) is 35.0 Å². The standard InChI is InChI=1S/C18H9ClF2N2OS/c19-13-4-3-11(6-10(13)8-22)23-9-12(15-2-1-5-25-15)16-14(23)7-18(20,21)17(16)24/h1-6,9H,7H2. The summed E-state index contributed by atoms with van der Waals surface area (Å²) in [6.45, 7) is 0. The van der Waals surface area contributed by atoms with Gasteiger partial charge >= 0.3 is 5.92 Å². The number of aromatic nitrogens is 1. The summed E-state index contributed by atoms with van der Waals surface area (Å²) in [5.41, 5.74) is 1.56. The average Bonchev–Trinajstić information content (AvgIpc) is 3.26. The summed E-state index contributed by atoms with van der Waals surface area (Å²) < 4.78 is 29.7. The Bertz CT molecular complexity index is 1050. The lowest BCUT2D eigenvalue weighted by atomic mass is 10.1. The smallest absolute Gasteiger partial charge is 0.315 e. The lowest BCUT2D eigenvalue weighted by Crippen LogP contribution is -2.24. The predicted molar refractivity (Wildman–Crippen MR) is 91.8 cm³/mol. The number of rotatable bonds is 2. The molecular weight excluding hydrogens is 366 g/mol. The number of ketones is 1. The Morgan fingerprint density at radius 2 is 2.12 bits per heavy atom. The first-order valence-corrected chi connectivity index (χ1v) is 8.59. The Labute approximate surface area is 150 Å². The van der Waals surface area contributed by atoms with Crippen molar-refractivity contribution in [2.24, 2.45) is 0 Å². The van der Waals surface area contributed by atoms with Crippen molar-refractivity contribution in [1.29, 1.82) is 5.26 Å². The van der Waals surface area contributed by atoms with Crippen LogP contribution >= 0.6 is 22.9 Å². The van der Waals surface area contributed by atoms with Gasteiger partial charge in [0.25, 0.3) is 0 Å². The highest BCUT2D eigenvalue weighted by Crippen LogP contribution is 2.43. The summed E-state index contributed by atoms with van der Waals surface area (Å²) in [4.78, 5) is 13.0. The third-order valence-corrected chi connectivity index (χ3v) is 5.42. The van der Waals surface area contributed by atoms with Gasteiger partial charge in [-0.25, -0.2) is 0 Å². The molecule has 1 aliphatic rings. The molecule has 2 aromatic heterocycles. The maximum atomic E-state index is 14.1. The molecule has 0 saturated heterocycles. The highest BCUT2D eigenvalue weighted by atomic mass is 35.5. The third kappa shape index (κ3) is 2.39. The highest BCUT2D eigenvalue weighted by Gasteiger charge is 2.50. The van der Waals surface area contributed by atoms with E-state index in [1.807, 2.05) is 11.4 Å². The number of carbonyl (C=O) groups excluding carboxylic acids is 1. The Kier molecular flexibility index (Phi) is 3.53. The zero-order valence-corrected chi connectivity index (χ0v) is 14.2. The minimum atomic E-state index is -3.41. The van der Waals surface area contributed by atoms with Crippen LogP contribution in [0.2, 0.25) is 5.02 Å². The zero-order chi connectivity index (χ0) is 17.8. The van der Waals surface area contributed by atoms with Crippen LogP contribution in [-0.2, 0) is 6.42 Å². The van der Waals surface area contributed by atoms with Crippen LogP contribution in [0, 0.1) is 11.3 Å². The van der Waals surface area contributed by atoms with Crippen molar-refractivity contribution < 1.29 is 13.6 Å². The van der Waals surface area contributed by atoms with Crippen LogP contribution in [0.25, 0.3) is 16.1 Å². The van der Waals surface area contributed by atoms with Crippen molar-refractivity contribution in [2.75, 3.05) is 0 Å². The summed E-state index contributed by atoms with van der Waals surface area (Å²) in [6.07, 6.45) is 1.02. The van der Waals surface area contributed by atoms with Crippen LogP contribution in [-0.4, -0.2) is 16.3 Å². The van der Waals surface area contributed by atoms with E-state index in [9.17, 15) is 13.6 Å². The maximum absolute atomic E-state index is 14.1. The summed E-state index contributed by atoms with van der Waals surface area (Å²) in [7, 11) is 0. The summed E-state index contributed by atoms with van der Waals surface area (Å²) in [5, 5.41) is 11.3. The molecule has 0 spiro atoms. The molecule has 1 aliphatic carbocycles. The van der Waals surface area contributed by atoms with Gasteiger partial charge < -0.3 is 4.57 Å². The second-order valence-electron chi connectivity index (χ2n) is 5.70. The van der Waals surface area contributed by atoms with E-state index in [1.165, 1.54) is 17.4 Å². The Morgan fingerprint density at radius 3 is 2.80 bits per heavy atom. The van der Waals surface area contributed by atoms with Gasteiger partial charge in [-0.15, -0.1) is 11.3 Å². The number of alkyl halides is 2.